The zero-order valence-electron chi connectivity index (χ0n) is 9.78. The van der Waals surface area contributed by atoms with Crippen molar-refractivity contribution >= 4 is 6.03 Å². The van der Waals surface area contributed by atoms with Gasteiger partial charge in [0.15, 0.2) is 0 Å². The lowest BCUT2D eigenvalue weighted by Crippen LogP contribution is -2.41. The molecule has 2 amide bonds. The smallest absolute Gasteiger partial charge is 0.318 e. The van der Waals surface area contributed by atoms with Crippen LogP contribution in [0.5, 0.6) is 0 Å². The van der Waals surface area contributed by atoms with E-state index in [1.165, 1.54) is 11.1 Å². The van der Waals surface area contributed by atoms with Crippen LogP contribution in [0.3, 0.4) is 0 Å². The van der Waals surface area contributed by atoms with Crippen molar-refractivity contribution in [3.8, 4) is 12.3 Å². The van der Waals surface area contributed by atoms with Gasteiger partial charge in [-0.15, -0.1) is 6.42 Å². The Morgan fingerprint density at radius 2 is 1.88 bits per heavy atom. The largest absolute Gasteiger partial charge is 0.327 e. The van der Waals surface area contributed by atoms with E-state index in [9.17, 15) is 4.79 Å². The fourth-order valence-electron chi connectivity index (χ4n) is 2.11. The van der Waals surface area contributed by atoms with Gasteiger partial charge in [-0.2, -0.15) is 0 Å². The van der Waals surface area contributed by atoms with Gasteiger partial charge in [-0.1, -0.05) is 30.2 Å². The molecule has 1 aliphatic rings. The lowest BCUT2D eigenvalue weighted by atomic mass is 10.0. The summed E-state index contributed by atoms with van der Waals surface area (Å²) in [5.74, 6) is 2.41. The fraction of sp³-hybridized carbons (Fsp3) is 0.357. The molecule has 1 aromatic carbocycles. The normalized spacial score (nSPS) is 14.4. The summed E-state index contributed by atoms with van der Waals surface area (Å²) in [6.45, 7) is 1.81. The first kappa shape index (κ1) is 11.5. The third-order valence-corrected chi connectivity index (χ3v) is 3.05. The third-order valence-electron chi connectivity index (χ3n) is 3.05. The Morgan fingerprint density at radius 3 is 2.41 bits per heavy atom. The van der Waals surface area contributed by atoms with Gasteiger partial charge in [0.2, 0.25) is 0 Å². The molecule has 1 aromatic rings. The number of urea groups is 1. The molecule has 0 aliphatic carbocycles. The number of nitrogens with zero attached hydrogens (tertiary/aromatic N) is 1. The summed E-state index contributed by atoms with van der Waals surface area (Å²) >= 11 is 0. The molecule has 0 spiro atoms. The van der Waals surface area contributed by atoms with Crippen LogP contribution in [0.15, 0.2) is 24.3 Å². The molecular weight excluding hydrogens is 212 g/mol. The monoisotopic (exact) mass is 228 g/mol. The van der Waals surface area contributed by atoms with Crippen molar-refractivity contribution in [2.24, 2.45) is 0 Å². The molecule has 2 rings (SSSR count). The standard InChI is InChI=1S/C14H16N2O/c1-2-9-15-14(17)16-10-7-12-5-3-4-6-13(12)8-11-16/h1,3-6H,7-11H2,(H,15,17). The van der Waals surface area contributed by atoms with Crippen LogP contribution in [0.25, 0.3) is 0 Å². The predicted octanol–water partition coefficient (Wildman–Crippen LogP) is 1.43. The third kappa shape index (κ3) is 2.79. The SMILES string of the molecule is C#CCNC(=O)N1CCc2ccccc2CC1. The van der Waals surface area contributed by atoms with Gasteiger partial charge in [-0.3, -0.25) is 0 Å². The lowest BCUT2D eigenvalue weighted by molar-refractivity contribution is 0.201. The number of rotatable bonds is 1. The molecule has 1 aliphatic heterocycles. The highest BCUT2D eigenvalue weighted by Gasteiger charge is 2.17. The van der Waals surface area contributed by atoms with Crippen molar-refractivity contribution < 1.29 is 4.79 Å². The number of terminal acetylenes is 1. The van der Waals surface area contributed by atoms with Crippen molar-refractivity contribution in [1.82, 2.24) is 10.2 Å². The first-order valence-electron chi connectivity index (χ1n) is 5.84. The predicted molar refractivity (Wildman–Crippen MR) is 67.7 cm³/mol. The second kappa shape index (κ2) is 5.40. The van der Waals surface area contributed by atoms with Crippen LogP contribution in [-0.2, 0) is 12.8 Å². The molecule has 3 nitrogen and oxygen atoms in total. The van der Waals surface area contributed by atoms with Gasteiger partial charge in [0.1, 0.15) is 0 Å². The lowest BCUT2D eigenvalue weighted by Gasteiger charge is -2.19. The van der Waals surface area contributed by atoms with Crippen LogP contribution in [0.2, 0.25) is 0 Å². The number of carbonyl (C=O) groups excluding carboxylic acids is 1. The van der Waals surface area contributed by atoms with E-state index in [2.05, 4.69) is 23.4 Å². The minimum atomic E-state index is -0.0595. The minimum Gasteiger partial charge on any atom is -0.327 e. The topological polar surface area (TPSA) is 32.3 Å². The summed E-state index contributed by atoms with van der Waals surface area (Å²) in [4.78, 5) is 13.6. The van der Waals surface area contributed by atoms with Gasteiger partial charge >= 0.3 is 6.03 Å². The second-order valence-corrected chi connectivity index (χ2v) is 4.12. The van der Waals surface area contributed by atoms with E-state index >= 15 is 0 Å². The van der Waals surface area contributed by atoms with E-state index in [1.807, 2.05) is 17.0 Å². The number of carbonyl (C=O) groups is 1. The maximum absolute atomic E-state index is 11.8. The first-order valence-corrected chi connectivity index (χ1v) is 5.84. The van der Waals surface area contributed by atoms with Gasteiger partial charge in [-0.25, -0.2) is 4.79 Å². The van der Waals surface area contributed by atoms with E-state index in [4.69, 9.17) is 6.42 Å². The highest BCUT2D eigenvalue weighted by atomic mass is 16.2. The zero-order valence-corrected chi connectivity index (χ0v) is 9.78. The number of nitrogens with one attached hydrogen (secondary N) is 1. The van der Waals surface area contributed by atoms with Crippen LogP contribution in [0.1, 0.15) is 11.1 Å². The molecule has 0 unspecified atom stereocenters. The Bertz CT molecular complexity index is 421. The molecule has 0 radical (unpaired) electrons. The molecule has 0 saturated heterocycles. The van der Waals surface area contributed by atoms with Crippen LogP contribution in [-0.4, -0.2) is 30.6 Å². The molecular formula is C14H16N2O. The number of amides is 2. The minimum absolute atomic E-state index is 0.0595. The molecule has 0 fully saturated rings. The number of hydrogen-bond donors (Lipinski definition) is 1. The Hall–Kier alpha value is -1.95. The summed E-state index contributed by atoms with van der Waals surface area (Å²) < 4.78 is 0. The second-order valence-electron chi connectivity index (χ2n) is 4.12. The molecule has 1 heterocycles. The van der Waals surface area contributed by atoms with Crippen molar-refractivity contribution in [2.75, 3.05) is 19.6 Å². The van der Waals surface area contributed by atoms with E-state index in [0.717, 1.165) is 25.9 Å². The Morgan fingerprint density at radius 1 is 1.29 bits per heavy atom. The molecule has 0 aromatic heterocycles. The van der Waals surface area contributed by atoms with Crippen LogP contribution in [0.4, 0.5) is 4.79 Å². The van der Waals surface area contributed by atoms with E-state index in [0.29, 0.717) is 6.54 Å². The Labute approximate surface area is 102 Å². The van der Waals surface area contributed by atoms with Gasteiger partial charge in [0.05, 0.1) is 6.54 Å². The quantitative estimate of drug-likeness (QED) is 0.725. The van der Waals surface area contributed by atoms with Crippen molar-refractivity contribution in [3.63, 3.8) is 0 Å². The fourth-order valence-corrected chi connectivity index (χ4v) is 2.11. The molecule has 3 heteroatoms. The van der Waals surface area contributed by atoms with E-state index in [1.54, 1.807) is 0 Å². The average Bonchev–Trinajstić information content (AvgIpc) is 2.58. The molecule has 88 valence electrons. The number of fused-ring (bicyclic) bond motifs is 1. The van der Waals surface area contributed by atoms with Crippen molar-refractivity contribution in [1.29, 1.82) is 0 Å². The maximum Gasteiger partial charge on any atom is 0.318 e. The van der Waals surface area contributed by atoms with Crippen LogP contribution < -0.4 is 5.32 Å². The van der Waals surface area contributed by atoms with E-state index < -0.39 is 0 Å². The van der Waals surface area contributed by atoms with Crippen LogP contribution in [0, 0.1) is 12.3 Å². The summed E-state index contributed by atoms with van der Waals surface area (Å²) in [7, 11) is 0. The maximum atomic E-state index is 11.8. The summed E-state index contributed by atoms with van der Waals surface area (Å²) in [6, 6.07) is 8.31. The summed E-state index contributed by atoms with van der Waals surface area (Å²) in [5.41, 5.74) is 2.69. The molecule has 1 N–H and O–H groups in total. The molecule has 17 heavy (non-hydrogen) atoms. The van der Waals surface area contributed by atoms with Crippen molar-refractivity contribution in [2.45, 2.75) is 12.8 Å². The molecule has 0 bridgehead atoms. The van der Waals surface area contributed by atoms with Gasteiger partial charge in [0, 0.05) is 13.1 Å². The van der Waals surface area contributed by atoms with Gasteiger partial charge in [0.25, 0.3) is 0 Å². The first-order chi connectivity index (χ1) is 8.31. The number of benzene rings is 1. The molecule has 0 saturated carbocycles. The number of hydrogen-bond acceptors (Lipinski definition) is 1. The zero-order chi connectivity index (χ0) is 12.1. The van der Waals surface area contributed by atoms with Gasteiger partial charge in [-0.05, 0) is 24.0 Å². The Balaban J connectivity index is 2.00. The van der Waals surface area contributed by atoms with Gasteiger partial charge < -0.3 is 10.2 Å². The summed E-state index contributed by atoms with van der Waals surface area (Å²) in [5, 5.41) is 2.71. The van der Waals surface area contributed by atoms with Crippen LogP contribution >= 0.6 is 0 Å². The highest BCUT2D eigenvalue weighted by Crippen LogP contribution is 2.15. The Kier molecular flexibility index (Phi) is 3.66. The molecule has 0 atom stereocenters. The average molecular weight is 228 g/mol. The summed E-state index contributed by atoms with van der Waals surface area (Å²) in [6.07, 6.45) is 6.96. The van der Waals surface area contributed by atoms with E-state index in [-0.39, 0.29) is 6.03 Å². The highest BCUT2D eigenvalue weighted by molar-refractivity contribution is 5.74. The van der Waals surface area contributed by atoms with Crippen molar-refractivity contribution in [3.05, 3.63) is 35.4 Å².